The van der Waals surface area contributed by atoms with Gasteiger partial charge in [0.1, 0.15) is 6.04 Å². The van der Waals surface area contributed by atoms with Crippen molar-refractivity contribution < 1.29 is 9.59 Å². The van der Waals surface area contributed by atoms with Gasteiger partial charge in [0.15, 0.2) is 0 Å². The van der Waals surface area contributed by atoms with E-state index in [1.807, 2.05) is 17.0 Å². The number of aromatic amines is 1. The molecule has 3 heterocycles. The van der Waals surface area contributed by atoms with E-state index in [0.717, 1.165) is 41.4 Å². The molecule has 1 aromatic heterocycles. The Balaban J connectivity index is 1.60. The number of hydrogen-bond acceptors (Lipinski definition) is 2. The van der Waals surface area contributed by atoms with Crippen LogP contribution in [0, 0.1) is 0 Å². The summed E-state index contributed by atoms with van der Waals surface area (Å²) in [4.78, 5) is 34.4. The van der Waals surface area contributed by atoms with Crippen LogP contribution in [0.2, 0.25) is 0 Å². The lowest BCUT2D eigenvalue weighted by molar-refractivity contribution is -0.158. The molecule has 1 fully saturated rings. The minimum absolute atomic E-state index is 0.0401. The number of carbonyl (C=O) groups excluding carboxylic acids is 2. The first-order valence-electron chi connectivity index (χ1n) is 12.3. The van der Waals surface area contributed by atoms with Crippen molar-refractivity contribution >= 4 is 22.7 Å². The average molecular weight is 444 g/mol. The maximum atomic E-state index is 13.6. The fraction of sp³-hybridized carbons (Fsp3) is 0.429. The van der Waals surface area contributed by atoms with E-state index in [2.05, 4.69) is 62.2 Å². The third-order valence-corrected chi connectivity index (χ3v) is 7.29. The fourth-order valence-electron chi connectivity index (χ4n) is 5.47. The van der Waals surface area contributed by atoms with Crippen LogP contribution in [-0.4, -0.2) is 45.7 Å². The summed E-state index contributed by atoms with van der Waals surface area (Å²) in [5.74, 6) is 0.570. The van der Waals surface area contributed by atoms with Crippen molar-refractivity contribution in [3.05, 3.63) is 70.9 Å². The molecule has 2 aliphatic heterocycles. The number of rotatable bonds is 6. The normalized spacial score (nSPS) is 20.5. The number of amides is 2. The molecule has 5 nitrogen and oxygen atoms in total. The Morgan fingerprint density at radius 1 is 1.03 bits per heavy atom. The zero-order valence-electron chi connectivity index (χ0n) is 19.8. The minimum atomic E-state index is -0.450. The van der Waals surface area contributed by atoms with Gasteiger partial charge in [0.25, 0.3) is 0 Å². The zero-order valence-corrected chi connectivity index (χ0v) is 19.8. The van der Waals surface area contributed by atoms with Gasteiger partial charge in [0, 0.05) is 29.6 Å². The van der Waals surface area contributed by atoms with E-state index in [0.29, 0.717) is 18.9 Å². The third-order valence-electron chi connectivity index (χ3n) is 7.29. The van der Waals surface area contributed by atoms with Gasteiger partial charge in [-0.25, -0.2) is 0 Å². The Morgan fingerprint density at radius 3 is 2.52 bits per heavy atom. The molecule has 5 heteroatoms. The van der Waals surface area contributed by atoms with Crippen molar-refractivity contribution in [1.29, 1.82) is 0 Å². The van der Waals surface area contributed by atoms with Gasteiger partial charge in [-0.2, -0.15) is 0 Å². The predicted octanol–water partition coefficient (Wildman–Crippen LogP) is 5.17. The van der Waals surface area contributed by atoms with Crippen LogP contribution in [0.25, 0.3) is 10.9 Å². The number of nitrogens with zero attached hydrogens (tertiary/aromatic N) is 2. The molecule has 5 rings (SSSR count). The van der Waals surface area contributed by atoms with Gasteiger partial charge >= 0.3 is 0 Å². The first-order valence-corrected chi connectivity index (χ1v) is 12.3. The monoisotopic (exact) mass is 443 g/mol. The highest BCUT2D eigenvalue weighted by Gasteiger charge is 2.48. The Morgan fingerprint density at radius 2 is 1.79 bits per heavy atom. The molecular formula is C28H33N3O2. The van der Waals surface area contributed by atoms with Gasteiger partial charge in [0.05, 0.1) is 12.6 Å². The number of hydrogen-bond donors (Lipinski definition) is 1. The number of fused-ring (bicyclic) bond motifs is 4. The van der Waals surface area contributed by atoms with Crippen molar-refractivity contribution in [1.82, 2.24) is 14.8 Å². The molecule has 1 saturated heterocycles. The van der Waals surface area contributed by atoms with Crippen molar-refractivity contribution in [3.8, 4) is 0 Å². The van der Waals surface area contributed by atoms with E-state index in [4.69, 9.17) is 0 Å². The van der Waals surface area contributed by atoms with Gasteiger partial charge < -0.3 is 14.8 Å². The van der Waals surface area contributed by atoms with Crippen LogP contribution in [0.1, 0.15) is 74.4 Å². The summed E-state index contributed by atoms with van der Waals surface area (Å²) in [5, 5.41) is 1.15. The molecule has 0 saturated carbocycles. The smallest absolute Gasteiger partial charge is 0.246 e. The molecule has 2 aromatic carbocycles. The van der Waals surface area contributed by atoms with Gasteiger partial charge in [-0.3, -0.25) is 9.59 Å². The number of piperazine rings is 1. The lowest BCUT2D eigenvalue weighted by Crippen LogP contribution is -2.63. The first-order chi connectivity index (χ1) is 16.0. The number of aromatic nitrogens is 1. The second kappa shape index (κ2) is 8.69. The van der Waals surface area contributed by atoms with E-state index >= 15 is 0 Å². The maximum Gasteiger partial charge on any atom is 0.246 e. The highest BCUT2D eigenvalue weighted by Crippen LogP contribution is 2.42. The molecule has 3 aromatic rings. The molecule has 2 amide bonds. The first kappa shape index (κ1) is 21.7. The largest absolute Gasteiger partial charge is 0.356 e. The number of para-hydroxylation sites is 1. The van der Waals surface area contributed by atoms with Crippen molar-refractivity contribution in [2.45, 2.75) is 64.5 Å². The van der Waals surface area contributed by atoms with E-state index in [-0.39, 0.29) is 24.4 Å². The van der Waals surface area contributed by atoms with E-state index in [9.17, 15) is 9.59 Å². The summed E-state index contributed by atoms with van der Waals surface area (Å²) >= 11 is 0. The molecular weight excluding hydrogens is 410 g/mol. The summed E-state index contributed by atoms with van der Waals surface area (Å²) in [6.07, 6.45) is 3.68. The highest BCUT2D eigenvalue weighted by atomic mass is 16.2. The fourth-order valence-corrected chi connectivity index (χ4v) is 5.47. The van der Waals surface area contributed by atoms with Crippen LogP contribution < -0.4 is 0 Å². The van der Waals surface area contributed by atoms with E-state index < -0.39 is 6.04 Å². The summed E-state index contributed by atoms with van der Waals surface area (Å²) in [5.41, 5.74) is 5.60. The van der Waals surface area contributed by atoms with Crippen LogP contribution in [0.5, 0.6) is 0 Å². The molecule has 33 heavy (non-hydrogen) atoms. The van der Waals surface area contributed by atoms with Gasteiger partial charge in [0.2, 0.25) is 11.8 Å². The molecule has 2 atom stereocenters. The number of unbranched alkanes of at least 4 members (excludes halogenated alkanes) is 2. The lowest BCUT2D eigenvalue weighted by Gasteiger charge is -2.47. The van der Waals surface area contributed by atoms with Crippen LogP contribution in [-0.2, 0) is 16.0 Å². The molecule has 0 bridgehead atoms. The second-order valence-electron chi connectivity index (χ2n) is 9.77. The summed E-state index contributed by atoms with van der Waals surface area (Å²) < 4.78 is 0. The third kappa shape index (κ3) is 3.73. The van der Waals surface area contributed by atoms with Crippen LogP contribution in [0.3, 0.4) is 0 Å². The van der Waals surface area contributed by atoms with Crippen LogP contribution in [0.4, 0.5) is 0 Å². The maximum absolute atomic E-state index is 13.6. The van der Waals surface area contributed by atoms with E-state index in [1.165, 1.54) is 11.1 Å². The average Bonchev–Trinajstić information content (AvgIpc) is 3.19. The van der Waals surface area contributed by atoms with Gasteiger partial charge in [-0.1, -0.05) is 76.1 Å². The molecule has 2 unspecified atom stereocenters. The molecule has 0 spiro atoms. The Bertz CT molecular complexity index is 1180. The zero-order chi connectivity index (χ0) is 23.1. The number of carbonyl (C=O) groups is 2. The van der Waals surface area contributed by atoms with Crippen molar-refractivity contribution in [2.75, 3.05) is 13.1 Å². The Hall–Kier alpha value is -3.08. The molecule has 2 aliphatic rings. The predicted molar refractivity (Wildman–Crippen MR) is 131 cm³/mol. The highest BCUT2D eigenvalue weighted by molar-refractivity contribution is 5.97. The summed E-state index contributed by atoms with van der Waals surface area (Å²) in [7, 11) is 0. The van der Waals surface area contributed by atoms with Gasteiger partial charge in [-0.15, -0.1) is 0 Å². The standard InChI is InChI=1S/C28H33N3O2/c1-4-5-8-15-30-17-25(32)31-24(28(30)33)16-22-21-9-6-7-10-23(21)29-26(22)27(31)20-13-11-19(12-14-20)18(2)3/h6-7,9-14,18,24,27,29H,4-5,8,15-17H2,1-3H3. The summed E-state index contributed by atoms with van der Waals surface area (Å²) in [6.45, 7) is 7.36. The minimum Gasteiger partial charge on any atom is -0.356 e. The van der Waals surface area contributed by atoms with Crippen molar-refractivity contribution in [2.24, 2.45) is 0 Å². The van der Waals surface area contributed by atoms with Crippen molar-refractivity contribution in [3.63, 3.8) is 0 Å². The lowest BCUT2D eigenvalue weighted by atomic mass is 9.85. The Labute approximate surface area is 195 Å². The van der Waals surface area contributed by atoms with Crippen LogP contribution in [0.15, 0.2) is 48.5 Å². The second-order valence-corrected chi connectivity index (χ2v) is 9.77. The number of benzene rings is 2. The molecule has 0 aliphatic carbocycles. The SMILES string of the molecule is CCCCCN1CC(=O)N2C(Cc3c([nH]c4ccccc34)C2c2ccc(C(C)C)cc2)C1=O. The van der Waals surface area contributed by atoms with E-state index in [1.54, 1.807) is 4.90 Å². The molecule has 0 radical (unpaired) electrons. The quantitative estimate of drug-likeness (QED) is 0.535. The Kier molecular flexibility index (Phi) is 5.73. The molecule has 1 N–H and O–H groups in total. The summed E-state index contributed by atoms with van der Waals surface area (Å²) in [6, 6.07) is 16.1. The van der Waals surface area contributed by atoms with Crippen LogP contribution >= 0.6 is 0 Å². The number of nitrogens with one attached hydrogen (secondary N) is 1. The van der Waals surface area contributed by atoms with Gasteiger partial charge in [-0.05, 0) is 35.1 Å². The topological polar surface area (TPSA) is 56.4 Å². The number of H-pyrrole nitrogens is 1. The molecule has 172 valence electrons.